The van der Waals surface area contributed by atoms with E-state index in [2.05, 4.69) is 25.7 Å². The minimum atomic E-state index is -0.343. The summed E-state index contributed by atoms with van der Waals surface area (Å²) in [6.45, 7) is 4.35. The number of morpholine rings is 1. The highest BCUT2D eigenvalue weighted by Crippen LogP contribution is 2.17. The lowest BCUT2D eigenvalue weighted by molar-refractivity contribution is -0.135. The van der Waals surface area contributed by atoms with E-state index in [0.29, 0.717) is 50.7 Å². The van der Waals surface area contributed by atoms with E-state index in [1.807, 2.05) is 11.8 Å². The fraction of sp³-hybridized carbons (Fsp3) is 0.571. The third-order valence-electron chi connectivity index (χ3n) is 3.55. The van der Waals surface area contributed by atoms with Gasteiger partial charge in [0, 0.05) is 25.9 Å². The number of nitrogens with zero attached hydrogens (tertiary/aromatic N) is 5. The molecule has 134 valence electrons. The molecule has 0 aliphatic carbocycles. The average molecular weight is 382 g/mol. The minimum absolute atomic E-state index is 0.137. The van der Waals surface area contributed by atoms with Crippen molar-refractivity contribution >= 4 is 39.6 Å². The second-order valence-corrected chi connectivity index (χ2v) is 7.67. The van der Waals surface area contributed by atoms with Crippen molar-refractivity contribution in [3.63, 3.8) is 0 Å². The molecule has 0 unspecified atom stereocenters. The predicted molar refractivity (Wildman–Crippen MR) is 92.8 cm³/mol. The Morgan fingerprint density at radius 3 is 2.68 bits per heavy atom. The van der Waals surface area contributed by atoms with Gasteiger partial charge in [-0.1, -0.05) is 22.7 Å². The van der Waals surface area contributed by atoms with E-state index in [9.17, 15) is 9.59 Å². The first kappa shape index (κ1) is 17.8. The van der Waals surface area contributed by atoms with Crippen molar-refractivity contribution in [2.45, 2.75) is 26.2 Å². The van der Waals surface area contributed by atoms with Crippen LogP contribution in [0.25, 0.3) is 0 Å². The summed E-state index contributed by atoms with van der Waals surface area (Å²) in [5.41, 5.74) is 0. The first-order valence-electron chi connectivity index (χ1n) is 7.91. The molecule has 0 radical (unpaired) electrons. The van der Waals surface area contributed by atoms with E-state index in [-0.39, 0.29) is 16.8 Å². The van der Waals surface area contributed by atoms with Crippen LogP contribution >= 0.6 is 22.7 Å². The number of carbonyl (C=O) groups excluding carboxylic acids is 2. The highest BCUT2D eigenvalue weighted by Gasteiger charge is 2.18. The molecule has 1 aliphatic heterocycles. The molecule has 3 rings (SSSR count). The molecule has 9 nitrogen and oxygen atoms in total. The van der Waals surface area contributed by atoms with Crippen LogP contribution in [0.3, 0.4) is 0 Å². The van der Waals surface area contributed by atoms with Crippen LogP contribution in [-0.2, 0) is 16.0 Å². The van der Waals surface area contributed by atoms with Crippen molar-refractivity contribution in [1.82, 2.24) is 25.3 Å². The van der Waals surface area contributed by atoms with Crippen LogP contribution in [0.2, 0.25) is 0 Å². The van der Waals surface area contributed by atoms with Gasteiger partial charge in [-0.25, -0.2) is 0 Å². The first-order chi connectivity index (χ1) is 12.1. The van der Waals surface area contributed by atoms with Gasteiger partial charge in [0.2, 0.25) is 16.0 Å². The Balaban J connectivity index is 1.45. The Bertz CT molecular complexity index is 741. The summed E-state index contributed by atoms with van der Waals surface area (Å²) in [7, 11) is 0. The molecular weight excluding hydrogens is 364 g/mol. The van der Waals surface area contributed by atoms with Crippen molar-refractivity contribution < 1.29 is 14.3 Å². The summed E-state index contributed by atoms with van der Waals surface area (Å²) in [5, 5.41) is 20.5. The highest BCUT2D eigenvalue weighted by molar-refractivity contribution is 7.15. The summed E-state index contributed by atoms with van der Waals surface area (Å²) in [6, 6.07) is 0. The summed E-state index contributed by atoms with van der Waals surface area (Å²) < 4.78 is 5.24. The smallest absolute Gasteiger partial charge is 0.288 e. The number of hydrogen-bond acceptors (Lipinski definition) is 9. The Hall–Kier alpha value is -1.98. The van der Waals surface area contributed by atoms with Crippen molar-refractivity contribution in [2.24, 2.45) is 0 Å². The van der Waals surface area contributed by atoms with Gasteiger partial charge in [0.1, 0.15) is 10.0 Å². The number of nitrogens with one attached hydrogen (secondary N) is 1. The molecule has 1 N–H and O–H groups in total. The molecule has 2 aromatic heterocycles. The van der Waals surface area contributed by atoms with Crippen molar-refractivity contribution in [3.05, 3.63) is 15.0 Å². The lowest BCUT2D eigenvalue weighted by Gasteiger charge is -2.26. The molecule has 0 saturated carbocycles. The maximum atomic E-state index is 12.1. The van der Waals surface area contributed by atoms with E-state index in [1.165, 1.54) is 22.7 Å². The Morgan fingerprint density at radius 1 is 1.16 bits per heavy atom. The molecule has 1 aliphatic rings. The van der Waals surface area contributed by atoms with Crippen molar-refractivity contribution in [2.75, 3.05) is 31.6 Å². The molecule has 25 heavy (non-hydrogen) atoms. The molecule has 11 heteroatoms. The van der Waals surface area contributed by atoms with Crippen LogP contribution in [-0.4, -0.2) is 63.4 Å². The third-order valence-corrected chi connectivity index (χ3v) is 5.29. The van der Waals surface area contributed by atoms with Gasteiger partial charge in [0.05, 0.1) is 13.2 Å². The van der Waals surface area contributed by atoms with E-state index < -0.39 is 0 Å². The maximum Gasteiger partial charge on any atom is 0.288 e. The fourth-order valence-electron chi connectivity index (χ4n) is 2.31. The summed E-state index contributed by atoms with van der Waals surface area (Å²) in [6.07, 6.45) is 1.77. The molecule has 0 aromatic carbocycles. The van der Waals surface area contributed by atoms with Gasteiger partial charge >= 0.3 is 0 Å². The number of aryl methyl sites for hydroxylation is 2. The lowest BCUT2D eigenvalue weighted by Crippen LogP contribution is -2.40. The van der Waals surface area contributed by atoms with Crippen LogP contribution in [0.5, 0.6) is 0 Å². The topological polar surface area (TPSA) is 110 Å². The van der Waals surface area contributed by atoms with E-state index in [4.69, 9.17) is 4.74 Å². The summed E-state index contributed by atoms with van der Waals surface area (Å²) in [4.78, 5) is 26.0. The second kappa shape index (κ2) is 8.41. The largest absolute Gasteiger partial charge is 0.378 e. The van der Waals surface area contributed by atoms with Gasteiger partial charge in [-0.3, -0.25) is 14.9 Å². The Morgan fingerprint density at radius 2 is 1.96 bits per heavy atom. The Labute approximate surface area is 152 Å². The van der Waals surface area contributed by atoms with Crippen LogP contribution in [0, 0.1) is 6.92 Å². The SMILES string of the molecule is Cc1nnc(NC(=O)c2nnc(CCCC(=O)N3CCOCC3)s2)s1. The number of amides is 2. The summed E-state index contributed by atoms with van der Waals surface area (Å²) >= 11 is 2.53. The third kappa shape index (κ3) is 5.00. The fourth-order valence-corrected chi connectivity index (χ4v) is 3.67. The van der Waals surface area contributed by atoms with Crippen LogP contribution in [0.4, 0.5) is 5.13 Å². The number of aromatic nitrogens is 4. The zero-order chi connectivity index (χ0) is 17.6. The molecular formula is C14H18N6O3S2. The predicted octanol–water partition coefficient (Wildman–Crippen LogP) is 1.13. The van der Waals surface area contributed by atoms with E-state index in [1.54, 1.807) is 0 Å². The monoisotopic (exact) mass is 382 g/mol. The standard InChI is InChI=1S/C14H18N6O3S2/c1-9-16-19-14(24-9)15-12(22)13-18-17-10(25-13)3-2-4-11(21)20-5-7-23-8-6-20/h2-8H2,1H3,(H,15,19,22). The van der Waals surface area contributed by atoms with E-state index >= 15 is 0 Å². The molecule has 2 aromatic rings. The summed E-state index contributed by atoms with van der Waals surface area (Å²) in [5.74, 6) is -0.207. The minimum Gasteiger partial charge on any atom is -0.378 e. The highest BCUT2D eigenvalue weighted by atomic mass is 32.1. The van der Waals surface area contributed by atoms with Gasteiger partial charge < -0.3 is 9.64 Å². The average Bonchev–Trinajstić information content (AvgIpc) is 3.25. The van der Waals surface area contributed by atoms with Crippen molar-refractivity contribution in [3.8, 4) is 0 Å². The van der Waals surface area contributed by atoms with Crippen molar-refractivity contribution in [1.29, 1.82) is 0 Å². The van der Waals surface area contributed by atoms with Crippen LogP contribution in [0.1, 0.15) is 32.7 Å². The molecule has 0 spiro atoms. The molecule has 1 saturated heterocycles. The quantitative estimate of drug-likeness (QED) is 0.797. The maximum absolute atomic E-state index is 12.1. The van der Waals surface area contributed by atoms with Gasteiger partial charge in [-0.2, -0.15) is 0 Å². The number of hydrogen-bond donors (Lipinski definition) is 1. The number of carbonyl (C=O) groups is 2. The lowest BCUT2D eigenvalue weighted by atomic mass is 10.2. The number of anilines is 1. The first-order valence-corrected chi connectivity index (χ1v) is 9.54. The number of ether oxygens (including phenoxy) is 1. The van der Waals surface area contributed by atoms with Gasteiger partial charge in [-0.15, -0.1) is 20.4 Å². The Kier molecular flexibility index (Phi) is 6.00. The van der Waals surface area contributed by atoms with Crippen LogP contribution in [0.15, 0.2) is 0 Å². The molecule has 1 fully saturated rings. The second-order valence-electron chi connectivity index (χ2n) is 5.43. The van der Waals surface area contributed by atoms with Crippen LogP contribution < -0.4 is 5.32 Å². The zero-order valence-corrected chi connectivity index (χ0v) is 15.4. The van der Waals surface area contributed by atoms with Gasteiger partial charge in [-0.05, 0) is 13.3 Å². The van der Waals surface area contributed by atoms with E-state index in [0.717, 1.165) is 10.0 Å². The molecule has 3 heterocycles. The van der Waals surface area contributed by atoms with Gasteiger partial charge in [0.15, 0.2) is 0 Å². The molecule has 0 bridgehead atoms. The molecule has 2 amide bonds. The zero-order valence-electron chi connectivity index (χ0n) is 13.7. The normalized spacial score (nSPS) is 14.5. The molecule has 0 atom stereocenters. The van der Waals surface area contributed by atoms with Gasteiger partial charge in [0.25, 0.3) is 5.91 Å². The number of rotatable bonds is 6.